The Morgan fingerprint density at radius 3 is 1.61 bits per heavy atom. The monoisotopic (exact) mass is 843 g/mol. The van der Waals surface area contributed by atoms with E-state index in [0.29, 0.717) is 0 Å². The van der Waals surface area contributed by atoms with Gasteiger partial charge in [0.2, 0.25) is 0 Å². The molecule has 2 nitrogen and oxygen atoms in total. The van der Waals surface area contributed by atoms with Gasteiger partial charge in [0.05, 0.1) is 16.5 Å². The summed E-state index contributed by atoms with van der Waals surface area (Å²) < 4.78 is 7.10. The highest BCUT2D eigenvalue weighted by Crippen LogP contribution is 2.63. The molecule has 0 radical (unpaired) electrons. The van der Waals surface area contributed by atoms with Gasteiger partial charge in [-0.1, -0.05) is 208 Å². The fourth-order valence-electron chi connectivity index (χ4n) is 11.5. The number of anilines is 3. The van der Waals surface area contributed by atoms with Crippen LogP contribution in [0.5, 0.6) is 0 Å². The summed E-state index contributed by atoms with van der Waals surface area (Å²) in [5.41, 5.74) is 21.4. The highest BCUT2D eigenvalue weighted by Gasteiger charge is 2.49. The van der Waals surface area contributed by atoms with Crippen molar-refractivity contribution in [3.05, 3.63) is 270 Å². The molecule has 13 rings (SSSR count). The molecule has 0 N–H and O–H groups in total. The van der Waals surface area contributed by atoms with Gasteiger partial charge in [-0.3, -0.25) is 0 Å². The Hall–Kier alpha value is -8.20. The van der Waals surface area contributed by atoms with Gasteiger partial charge in [-0.25, -0.2) is 0 Å². The van der Waals surface area contributed by atoms with E-state index in [-0.39, 0.29) is 5.41 Å². The lowest BCUT2D eigenvalue weighted by molar-refractivity contribution is 0.660. The molecule has 0 saturated carbocycles. The molecular weight excluding hydrogens is 799 g/mol. The first-order valence-electron chi connectivity index (χ1n) is 23.0. The Bertz CT molecular complexity index is 3600. The first-order valence-corrected chi connectivity index (χ1v) is 23.0. The van der Waals surface area contributed by atoms with Gasteiger partial charge in [0.15, 0.2) is 0 Å². The molecule has 66 heavy (non-hydrogen) atoms. The average Bonchev–Trinajstić information content (AvgIpc) is 3.98. The van der Waals surface area contributed by atoms with E-state index in [0.717, 1.165) is 39.0 Å². The normalized spacial score (nSPS) is 13.8. The lowest BCUT2D eigenvalue weighted by atomic mass is 9.67. The van der Waals surface area contributed by atoms with Crippen LogP contribution in [-0.2, 0) is 10.8 Å². The number of fused-ring (bicyclic) bond motifs is 9. The van der Waals surface area contributed by atoms with Crippen molar-refractivity contribution in [3.63, 3.8) is 0 Å². The second kappa shape index (κ2) is 14.7. The second-order valence-electron chi connectivity index (χ2n) is 18.4. The third-order valence-corrected chi connectivity index (χ3v) is 14.5. The zero-order chi connectivity index (χ0) is 44.0. The molecule has 1 heterocycles. The van der Waals surface area contributed by atoms with Crippen LogP contribution in [0.4, 0.5) is 17.1 Å². The SMILES string of the molecule is CC1(C)c2ccccc2-c2ccc(N(c3ccc(-c4ccccc4)cc3)c3c4c(cc5oc6ccccc6c35)C(c3ccccc3)(c3ccccc3)c3ccc(-c5ccccc5)cc3-4)cc21. The van der Waals surface area contributed by atoms with Crippen LogP contribution in [0.3, 0.4) is 0 Å². The van der Waals surface area contributed by atoms with Crippen LogP contribution < -0.4 is 4.90 Å². The smallest absolute Gasteiger partial charge is 0.137 e. The summed E-state index contributed by atoms with van der Waals surface area (Å²) in [5.74, 6) is 0. The summed E-state index contributed by atoms with van der Waals surface area (Å²) >= 11 is 0. The number of furan rings is 1. The van der Waals surface area contributed by atoms with Crippen LogP contribution in [0.1, 0.15) is 47.2 Å². The van der Waals surface area contributed by atoms with Gasteiger partial charge in [-0.15, -0.1) is 0 Å². The number of para-hydroxylation sites is 1. The third kappa shape index (κ3) is 5.55. The van der Waals surface area contributed by atoms with Crippen molar-refractivity contribution in [1.82, 2.24) is 0 Å². The van der Waals surface area contributed by atoms with Gasteiger partial charge in [0.25, 0.3) is 0 Å². The van der Waals surface area contributed by atoms with Crippen molar-refractivity contribution < 1.29 is 4.42 Å². The van der Waals surface area contributed by atoms with E-state index >= 15 is 0 Å². The molecule has 0 saturated heterocycles. The van der Waals surface area contributed by atoms with Crippen LogP contribution in [-0.4, -0.2) is 0 Å². The second-order valence-corrected chi connectivity index (χ2v) is 18.4. The Kier molecular flexibility index (Phi) is 8.51. The highest BCUT2D eigenvalue weighted by atomic mass is 16.3. The predicted molar refractivity (Wildman–Crippen MR) is 274 cm³/mol. The minimum atomic E-state index is -0.672. The molecule has 312 valence electrons. The fourth-order valence-corrected chi connectivity index (χ4v) is 11.5. The molecule has 0 unspecified atom stereocenters. The largest absolute Gasteiger partial charge is 0.456 e. The van der Waals surface area contributed by atoms with Gasteiger partial charge in [-0.2, -0.15) is 0 Å². The molecule has 11 aromatic rings. The predicted octanol–water partition coefficient (Wildman–Crippen LogP) is 17.1. The topological polar surface area (TPSA) is 16.4 Å². The van der Waals surface area contributed by atoms with E-state index in [1.54, 1.807) is 0 Å². The summed E-state index contributed by atoms with van der Waals surface area (Å²) in [6.07, 6.45) is 0. The molecular formula is C64H45NO. The zero-order valence-corrected chi connectivity index (χ0v) is 36.9. The Balaban J connectivity index is 1.20. The van der Waals surface area contributed by atoms with E-state index < -0.39 is 5.41 Å². The molecule has 10 aromatic carbocycles. The third-order valence-electron chi connectivity index (χ3n) is 14.5. The molecule has 2 heteroatoms. The summed E-state index contributed by atoms with van der Waals surface area (Å²) in [6, 6.07) is 87.0. The Labute approximate surface area is 385 Å². The molecule has 0 fully saturated rings. The van der Waals surface area contributed by atoms with Gasteiger partial charge in [-0.05, 0) is 115 Å². The van der Waals surface area contributed by atoms with Gasteiger partial charge < -0.3 is 9.32 Å². The van der Waals surface area contributed by atoms with Crippen molar-refractivity contribution in [2.75, 3.05) is 4.90 Å². The summed E-state index contributed by atoms with van der Waals surface area (Å²) in [4.78, 5) is 2.54. The minimum absolute atomic E-state index is 0.200. The quantitative estimate of drug-likeness (QED) is 0.159. The molecule has 2 aliphatic carbocycles. The first-order chi connectivity index (χ1) is 32.5. The average molecular weight is 844 g/mol. The van der Waals surface area contributed by atoms with Crippen LogP contribution in [0.2, 0.25) is 0 Å². The maximum Gasteiger partial charge on any atom is 0.137 e. The summed E-state index contributed by atoms with van der Waals surface area (Å²) in [5, 5.41) is 2.18. The molecule has 0 bridgehead atoms. The van der Waals surface area contributed by atoms with Crippen molar-refractivity contribution in [3.8, 4) is 44.5 Å². The van der Waals surface area contributed by atoms with E-state index in [1.165, 1.54) is 77.9 Å². The lowest BCUT2D eigenvalue weighted by Gasteiger charge is -2.35. The van der Waals surface area contributed by atoms with Gasteiger partial charge in [0.1, 0.15) is 11.2 Å². The Morgan fingerprint density at radius 1 is 0.364 bits per heavy atom. The number of hydrogen-bond acceptors (Lipinski definition) is 2. The molecule has 0 spiro atoms. The van der Waals surface area contributed by atoms with E-state index in [9.17, 15) is 0 Å². The van der Waals surface area contributed by atoms with Crippen molar-refractivity contribution in [2.45, 2.75) is 24.7 Å². The van der Waals surface area contributed by atoms with Crippen LogP contribution in [0.25, 0.3) is 66.4 Å². The van der Waals surface area contributed by atoms with Crippen LogP contribution >= 0.6 is 0 Å². The maximum atomic E-state index is 7.10. The van der Waals surface area contributed by atoms with Crippen molar-refractivity contribution in [1.29, 1.82) is 0 Å². The molecule has 1 aromatic heterocycles. The lowest BCUT2D eigenvalue weighted by Crippen LogP contribution is -2.28. The van der Waals surface area contributed by atoms with Crippen LogP contribution in [0, 0.1) is 0 Å². The van der Waals surface area contributed by atoms with Crippen LogP contribution in [0.15, 0.2) is 241 Å². The molecule has 0 atom stereocenters. The first kappa shape index (κ1) is 38.3. The van der Waals surface area contributed by atoms with Gasteiger partial charge in [0, 0.05) is 27.7 Å². The van der Waals surface area contributed by atoms with E-state index in [2.05, 4.69) is 255 Å². The minimum Gasteiger partial charge on any atom is -0.456 e. The molecule has 0 aliphatic heterocycles. The van der Waals surface area contributed by atoms with Crippen molar-refractivity contribution >= 4 is 39.0 Å². The molecule has 2 aliphatic rings. The zero-order valence-electron chi connectivity index (χ0n) is 36.9. The highest BCUT2D eigenvalue weighted by molar-refractivity contribution is 6.19. The van der Waals surface area contributed by atoms with Gasteiger partial charge >= 0.3 is 0 Å². The van der Waals surface area contributed by atoms with Crippen molar-refractivity contribution in [2.24, 2.45) is 0 Å². The fraction of sp³-hybridized carbons (Fsp3) is 0.0625. The number of nitrogens with zero attached hydrogens (tertiary/aromatic N) is 1. The summed E-state index contributed by atoms with van der Waals surface area (Å²) in [6.45, 7) is 4.75. The maximum absolute atomic E-state index is 7.10. The van der Waals surface area contributed by atoms with E-state index in [1.807, 2.05) is 0 Å². The summed E-state index contributed by atoms with van der Waals surface area (Å²) in [7, 11) is 0. The number of hydrogen-bond donors (Lipinski definition) is 0. The standard InChI is InChI=1S/C64H45NO/c1-63(2)54-29-17-15-27-50(54)51-37-36-49(40-56(51)63)65(48-34-31-44(32-35-48)42-19-7-3-8-20-42)62-60-53-39-45(43-21-9-4-10-22-43)33-38-55(53)64(46-23-11-5-12-24-46,47-25-13-6-14-26-47)57(60)41-59-61(62)52-28-16-18-30-58(52)66-59/h3-41H,1-2H3. The number of rotatable bonds is 7. The van der Waals surface area contributed by atoms with E-state index in [4.69, 9.17) is 4.42 Å². The Morgan fingerprint density at radius 2 is 0.909 bits per heavy atom. The molecule has 0 amide bonds. The number of benzene rings is 10.